The normalized spacial score (nSPS) is 13.1. The number of sulfonamides is 1. The van der Waals surface area contributed by atoms with Crippen LogP contribution >= 0.6 is 0 Å². The summed E-state index contributed by atoms with van der Waals surface area (Å²) in [4.78, 5) is 17.3. The molecule has 182 valence electrons. The summed E-state index contributed by atoms with van der Waals surface area (Å²) in [6, 6.07) is 26.3. The molecule has 1 N–H and O–H groups in total. The first-order valence-corrected chi connectivity index (χ1v) is 13.1. The second-order valence-electron chi connectivity index (χ2n) is 8.43. The van der Waals surface area contributed by atoms with Crippen molar-refractivity contribution in [2.24, 2.45) is 0 Å². The Morgan fingerprint density at radius 3 is 2.64 bits per heavy atom. The van der Waals surface area contributed by atoms with Crippen LogP contribution in [-0.4, -0.2) is 25.9 Å². The maximum absolute atomic E-state index is 13.5. The van der Waals surface area contributed by atoms with E-state index in [9.17, 15) is 13.2 Å². The van der Waals surface area contributed by atoms with Gasteiger partial charge in [-0.25, -0.2) is 8.42 Å². The maximum atomic E-state index is 13.5. The van der Waals surface area contributed by atoms with Crippen molar-refractivity contribution in [3.8, 4) is 5.75 Å². The Morgan fingerprint density at radius 2 is 1.78 bits per heavy atom. The SMILES string of the molecule is O=C(Nc1cccc(OCc2ccccn2)c1)c1cccc(S(=O)(=O)N2CCCc3ccccc32)c1. The third-order valence-corrected chi connectivity index (χ3v) is 7.77. The van der Waals surface area contributed by atoms with E-state index >= 15 is 0 Å². The van der Waals surface area contributed by atoms with Gasteiger partial charge < -0.3 is 10.1 Å². The number of carbonyl (C=O) groups excluding carboxylic acids is 1. The van der Waals surface area contributed by atoms with Crippen molar-refractivity contribution in [1.82, 2.24) is 4.98 Å². The summed E-state index contributed by atoms with van der Waals surface area (Å²) in [6.45, 7) is 0.707. The minimum atomic E-state index is -3.82. The highest BCUT2D eigenvalue weighted by molar-refractivity contribution is 7.92. The molecular formula is C28H25N3O4S. The molecule has 0 aliphatic carbocycles. The lowest BCUT2D eigenvalue weighted by Gasteiger charge is -2.30. The van der Waals surface area contributed by atoms with E-state index in [0.717, 1.165) is 24.1 Å². The Morgan fingerprint density at radius 1 is 0.944 bits per heavy atom. The molecule has 0 bridgehead atoms. The first-order chi connectivity index (χ1) is 17.5. The Labute approximate surface area is 210 Å². The van der Waals surface area contributed by atoms with Crippen LogP contribution in [0.2, 0.25) is 0 Å². The van der Waals surface area contributed by atoms with E-state index in [1.54, 1.807) is 42.6 Å². The molecule has 4 aromatic rings. The Balaban J connectivity index is 1.32. The number of fused-ring (bicyclic) bond motifs is 1. The van der Waals surface area contributed by atoms with Gasteiger partial charge in [-0.05, 0) is 66.9 Å². The highest BCUT2D eigenvalue weighted by Gasteiger charge is 2.29. The topological polar surface area (TPSA) is 88.6 Å². The molecule has 7 nitrogen and oxygen atoms in total. The number of hydrogen-bond acceptors (Lipinski definition) is 5. The quantitative estimate of drug-likeness (QED) is 0.384. The van der Waals surface area contributed by atoms with Crippen LogP contribution in [0.15, 0.2) is 102 Å². The van der Waals surface area contributed by atoms with Crippen LogP contribution in [0.1, 0.15) is 28.0 Å². The number of hydrogen-bond donors (Lipinski definition) is 1. The van der Waals surface area contributed by atoms with E-state index in [1.807, 2.05) is 42.5 Å². The highest BCUT2D eigenvalue weighted by atomic mass is 32.2. The van der Waals surface area contributed by atoms with Gasteiger partial charge in [0.05, 0.1) is 16.3 Å². The molecule has 0 saturated heterocycles. The predicted molar refractivity (Wildman–Crippen MR) is 139 cm³/mol. The second kappa shape index (κ2) is 10.2. The highest BCUT2D eigenvalue weighted by Crippen LogP contribution is 2.32. The summed E-state index contributed by atoms with van der Waals surface area (Å²) in [6.07, 6.45) is 3.29. The van der Waals surface area contributed by atoms with Crippen molar-refractivity contribution in [2.45, 2.75) is 24.3 Å². The van der Waals surface area contributed by atoms with Crippen LogP contribution in [0.4, 0.5) is 11.4 Å². The van der Waals surface area contributed by atoms with Crippen LogP contribution in [-0.2, 0) is 23.1 Å². The molecule has 1 aliphatic rings. The van der Waals surface area contributed by atoms with Gasteiger partial charge in [-0.15, -0.1) is 0 Å². The Bertz CT molecular complexity index is 1490. The average Bonchev–Trinajstić information content (AvgIpc) is 2.92. The van der Waals surface area contributed by atoms with Crippen molar-refractivity contribution >= 4 is 27.3 Å². The number of anilines is 2. The fourth-order valence-corrected chi connectivity index (χ4v) is 5.77. The molecule has 0 fully saturated rings. The van der Waals surface area contributed by atoms with Crippen molar-refractivity contribution in [3.63, 3.8) is 0 Å². The van der Waals surface area contributed by atoms with Gasteiger partial charge in [0.2, 0.25) is 0 Å². The minimum absolute atomic E-state index is 0.0827. The number of benzene rings is 3. The standard InChI is InChI=1S/C28H25N3O4S/c32-28(30-23-12-6-13-25(19-23)35-20-24-11-3-4-16-29-24)22-9-5-14-26(18-22)36(33,34)31-17-7-10-21-8-1-2-15-27(21)31/h1-6,8-9,11-16,18-19H,7,10,17,20H2,(H,30,32). The molecule has 1 amide bonds. The fourth-order valence-electron chi connectivity index (χ4n) is 4.18. The van der Waals surface area contributed by atoms with Gasteiger partial charge in [-0.3, -0.25) is 14.1 Å². The number of aromatic nitrogens is 1. The van der Waals surface area contributed by atoms with E-state index in [2.05, 4.69) is 10.3 Å². The lowest BCUT2D eigenvalue weighted by Crippen LogP contribution is -2.35. The monoisotopic (exact) mass is 499 g/mol. The summed E-state index contributed by atoms with van der Waals surface area (Å²) < 4.78 is 34.2. The molecule has 2 heterocycles. The largest absolute Gasteiger partial charge is 0.487 e. The van der Waals surface area contributed by atoms with Crippen LogP contribution < -0.4 is 14.4 Å². The number of aryl methyl sites for hydroxylation is 1. The molecule has 0 unspecified atom stereocenters. The molecule has 3 aromatic carbocycles. The molecule has 0 radical (unpaired) electrons. The third-order valence-electron chi connectivity index (χ3n) is 5.96. The maximum Gasteiger partial charge on any atom is 0.264 e. The summed E-state index contributed by atoms with van der Waals surface area (Å²) in [5.41, 5.74) is 3.28. The fraction of sp³-hybridized carbons (Fsp3) is 0.143. The number of nitrogens with one attached hydrogen (secondary N) is 1. The minimum Gasteiger partial charge on any atom is -0.487 e. The molecule has 36 heavy (non-hydrogen) atoms. The zero-order valence-corrected chi connectivity index (χ0v) is 20.3. The lowest BCUT2D eigenvalue weighted by molar-refractivity contribution is 0.102. The molecule has 5 rings (SSSR count). The van der Waals surface area contributed by atoms with Gasteiger partial charge in [0.15, 0.2) is 0 Å². The Kier molecular flexibility index (Phi) is 6.69. The summed E-state index contributed by atoms with van der Waals surface area (Å²) in [5, 5.41) is 2.83. The second-order valence-corrected chi connectivity index (χ2v) is 10.3. The van der Waals surface area contributed by atoms with Crippen LogP contribution in [0, 0.1) is 0 Å². The van der Waals surface area contributed by atoms with E-state index in [1.165, 1.54) is 16.4 Å². The van der Waals surface area contributed by atoms with Gasteiger partial charge in [-0.2, -0.15) is 0 Å². The number of pyridine rings is 1. The summed E-state index contributed by atoms with van der Waals surface area (Å²) >= 11 is 0. The van der Waals surface area contributed by atoms with Crippen molar-refractivity contribution < 1.29 is 17.9 Å². The van der Waals surface area contributed by atoms with E-state index in [-0.39, 0.29) is 10.5 Å². The zero-order chi connectivity index (χ0) is 25.0. The average molecular weight is 500 g/mol. The van der Waals surface area contributed by atoms with Gasteiger partial charge in [0.1, 0.15) is 12.4 Å². The molecule has 8 heteroatoms. The zero-order valence-electron chi connectivity index (χ0n) is 19.5. The van der Waals surface area contributed by atoms with E-state index in [0.29, 0.717) is 30.3 Å². The third kappa shape index (κ3) is 5.08. The van der Waals surface area contributed by atoms with Gasteiger partial charge in [0.25, 0.3) is 15.9 Å². The number of para-hydroxylation sites is 1. The van der Waals surface area contributed by atoms with Crippen LogP contribution in [0.25, 0.3) is 0 Å². The Hall–Kier alpha value is -4.17. The first kappa shape index (κ1) is 23.6. The first-order valence-electron chi connectivity index (χ1n) is 11.7. The molecule has 1 aliphatic heterocycles. The number of carbonyl (C=O) groups is 1. The van der Waals surface area contributed by atoms with Crippen LogP contribution in [0.5, 0.6) is 5.75 Å². The van der Waals surface area contributed by atoms with Crippen molar-refractivity contribution in [1.29, 1.82) is 0 Å². The number of amides is 1. The molecule has 0 spiro atoms. The van der Waals surface area contributed by atoms with Crippen molar-refractivity contribution in [2.75, 3.05) is 16.2 Å². The predicted octanol–water partition coefficient (Wildman–Crippen LogP) is 5.05. The molecule has 0 saturated carbocycles. The number of ether oxygens (including phenoxy) is 1. The molecule has 0 atom stereocenters. The number of nitrogens with zero attached hydrogens (tertiary/aromatic N) is 2. The van der Waals surface area contributed by atoms with E-state index < -0.39 is 15.9 Å². The smallest absolute Gasteiger partial charge is 0.264 e. The van der Waals surface area contributed by atoms with Crippen molar-refractivity contribution in [3.05, 3.63) is 114 Å². The molecule has 1 aromatic heterocycles. The van der Waals surface area contributed by atoms with E-state index in [4.69, 9.17) is 4.74 Å². The lowest BCUT2D eigenvalue weighted by atomic mass is 10.0. The summed E-state index contributed by atoms with van der Waals surface area (Å²) in [5.74, 6) is 0.173. The van der Waals surface area contributed by atoms with Gasteiger partial charge in [-0.1, -0.05) is 36.4 Å². The molecular weight excluding hydrogens is 474 g/mol. The van der Waals surface area contributed by atoms with Gasteiger partial charge >= 0.3 is 0 Å². The number of rotatable bonds is 7. The van der Waals surface area contributed by atoms with Gasteiger partial charge in [0, 0.05) is 30.1 Å². The van der Waals surface area contributed by atoms with Crippen LogP contribution in [0.3, 0.4) is 0 Å². The summed E-state index contributed by atoms with van der Waals surface area (Å²) in [7, 11) is -3.82.